The molecule has 1 atom stereocenters. The van der Waals surface area contributed by atoms with Gasteiger partial charge >= 0.3 is 0 Å². The van der Waals surface area contributed by atoms with Crippen LogP contribution in [-0.2, 0) is 4.79 Å². The normalized spacial score (nSPS) is 24.4. The first-order valence-corrected chi connectivity index (χ1v) is 6.25. The summed E-state index contributed by atoms with van der Waals surface area (Å²) in [4.78, 5) is 11.6. The molecule has 2 N–H and O–H groups in total. The topological polar surface area (TPSA) is 41.1 Å². The van der Waals surface area contributed by atoms with E-state index < -0.39 is 0 Å². The Morgan fingerprint density at radius 2 is 2.06 bits per heavy atom. The zero-order valence-corrected chi connectivity index (χ0v) is 11.3. The third-order valence-corrected chi connectivity index (χ3v) is 3.89. The van der Waals surface area contributed by atoms with Gasteiger partial charge in [-0.25, -0.2) is 0 Å². The first-order chi connectivity index (χ1) is 7.29. The fourth-order valence-corrected chi connectivity index (χ4v) is 2.50. The van der Waals surface area contributed by atoms with E-state index in [1.54, 1.807) is 7.05 Å². The summed E-state index contributed by atoms with van der Waals surface area (Å²) < 4.78 is 0. The summed E-state index contributed by atoms with van der Waals surface area (Å²) in [7, 11) is 1.70. The van der Waals surface area contributed by atoms with E-state index in [-0.39, 0.29) is 11.3 Å². The van der Waals surface area contributed by atoms with Crippen molar-refractivity contribution in [2.75, 3.05) is 13.6 Å². The summed E-state index contributed by atoms with van der Waals surface area (Å²) in [6.45, 7) is 9.34. The Kier molecular flexibility index (Phi) is 4.00. The van der Waals surface area contributed by atoms with E-state index in [0.717, 1.165) is 6.54 Å². The number of carbonyl (C=O) groups excluding carboxylic acids is 1. The third kappa shape index (κ3) is 2.97. The second kappa shape index (κ2) is 4.74. The molecule has 94 valence electrons. The molecule has 1 rings (SSSR count). The van der Waals surface area contributed by atoms with Crippen LogP contribution < -0.4 is 10.6 Å². The lowest BCUT2D eigenvalue weighted by molar-refractivity contribution is -0.128. The van der Waals surface area contributed by atoms with Gasteiger partial charge in [0.1, 0.15) is 0 Å². The average molecular weight is 226 g/mol. The fourth-order valence-electron chi connectivity index (χ4n) is 2.50. The van der Waals surface area contributed by atoms with Crippen LogP contribution in [0.2, 0.25) is 0 Å². The van der Waals surface area contributed by atoms with E-state index in [4.69, 9.17) is 0 Å². The van der Waals surface area contributed by atoms with Crippen LogP contribution in [0.4, 0.5) is 0 Å². The first kappa shape index (κ1) is 13.5. The van der Waals surface area contributed by atoms with Crippen LogP contribution in [0.25, 0.3) is 0 Å². The van der Waals surface area contributed by atoms with Crippen LogP contribution in [0.5, 0.6) is 0 Å². The molecule has 0 saturated heterocycles. The Labute approximate surface area is 99.4 Å². The SMILES string of the molecule is CNC(=O)C(C)(C)CNC1CCCC1(C)C. The van der Waals surface area contributed by atoms with Gasteiger partial charge in [0.15, 0.2) is 0 Å². The van der Waals surface area contributed by atoms with Crippen LogP contribution in [0.1, 0.15) is 47.0 Å². The van der Waals surface area contributed by atoms with Gasteiger partial charge in [0, 0.05) is 19.6 Å². The lowest BCUT2D eigenvalue weighted by Crippen LogP contribution is -2.47. The van der Waals surface area contributed by atoms with E-state index in [9.17, 15) is 4.79 Å². The predicted molar refractivity (Wildman–Crippen MR) is 67.3 cm³/mol. The Bertz CT molecular complexity index is 259. The van der Waals surface area contributed by atoms with Crippen molar-refractivity contribution in [3.63, 3.8) is 0 Å². The molecule has 0 aromatic heterocycles. The van der Waals surface area contributed by atoms with Crippen LogP contribution in [0, 0.1) is 10.8 Å². The summed E-state index contributed by atoms with van der Waals surface area (Å²) in [5.41, 5.74) is 0.0478. The van der Waals surface area contributed by atoms with Crippen LogP contribution in [0.3, 0.4) is 0 Å². The molecular weight excluding hydrogens is 200 g/mol. The number of hydrogen-bond donors (Lipinski definition) is 2. The smallest absolute Gasteiger partial charge is 0.226 e. The maximum atomic E-state index is 11.6. The minimum absolute atomic E-state index is 0.107. The number of amides is 1. The molecule has 1 fully saturated rings. The van der Waals surface area contributed by atoms with Gasteiger partial charge in [-0.15, -0.1) is 0 Å². The van der Waals surface area contributed by atoms with Crippen molar-refractivity contribution in [2.24, 2.45) is 10.8 Å². The highest BCUT2D eigenvalue weighted by atomic mass is 16.2. The minimum atomic E-state index is -0.326. The van der Waals surface area contributed by atoms with Crippen molar-refractivity contribution >= 4 is 5.91 Å². The van der Waals surface area contributed by atoms with E-state index in [1.165, 1.54) is 19.3 Å². The summed E-state index contributed by atoms with van der Waals surface area (Å²) in [6.07, 6.45) is 3.81. The average Bonchev–Trinajstić information content (AvgIpc) is 2.53. The van der Waals surface area contributed by atoms with Gasteiger partial charge in [0.05, 0.1) is 5.41 Å². The standard InChI is InChI=1S/C13H26N2O/c1-12(2)8-6-7-10(12)15-9-13(3,4)11(16)14-5/h10,15H,6-9H2,1-5H3,(H,14,16). The second-order valence-corrected chi connectivity index (χ2v) is 6.28. The summed E-state index contributed by atoms with van der Waals surface area (Å²) >= 11 is 0. The Hall–Kier alpha value is -0.570. The molecule has 0 bridgehead atoms. The van der Waals surface area contributed by atoms with Crippen molar-refractivity contribution in [3.05, 3.63) is 0 Å². The van der Waals surface area contributed by atoms with Gasteiger partial charge in [-0.2, -0.15) is 0 Å². The van der Waals surface area contributed by atoms with Gasteiger partial charge in [0.25, 0.3) is 0 Å². The largest absolute Gasteiger partial charge is 0.359 e. The quantitative estimate of drug-likeness (QED) is 0.769. The Morgan fingerprint density at radius 3 is 2.50 bits per heavy atom. The molecule has 1 saturated carbocycles. The maximum Gasteiger partial charge on any atom is 0.226 e. The Morgan fingerprint density at radius 1 is 1.44 bits per heavy atom. The van der Waals surface area contributed by atoms with Gasteiger partial charge < -0.3 is 10.6 Å². The molecule has 0 heterocycles. The summed E-state index contributed by atoms with van der Waals surface area (Å²) in [6, 6.07) is 0.552. The number of nitrogens with one attached hydrogen (secondary N) is 2. The van der Waals surface area contributed by atoms with Crippen molar-refractivity contribution in [2.45, 2.75) is 53.0 Å². The monoisotopic (exact) mass is 226 g/mol. The molecule has 1 aliphatic rings. The van der Waals surface area contributed by atoms with Gasteiger partial charge in [-0.05, 0) is 32.1 Å². The highest BCUT2D eigenvalue weighted by Gasteiger charge is 2.36. The Balaban J connectivity index is 2.48. The van der Waals surface area contributed by atoms with Crippen LogP contribution >= 0.6 is 0 Å². The van der Waals surface area contributed by atoms with E-state index in [1.807, 2.05) is 13.8 Å². The molecule has 1 unspecified atom stereocenters. The lowest BCUT2D eigenvalue weighted by atomic mass is 9.85. The van der Waals surface area contributed by atoms with Crippen LogP contribution in [0.15, 0.2) is 0 Å². The third-order valence-electron chi connectivity index (χ3n) is 3.89. The highest BCUT2D eigenvalue weighted by molar-refractivity contribution is 5.81. The second-order valence-electron chi connectivity index (χ2n) is 6.28. The first-order valence-electron chi connectivity index (χ1n) is 6.25. The van der Waals surface area contributed by atoms with Gasteiger partial charge in [-0.1, -0.05) is 20.3 Å². The van der Waals surface area contributed by atoms with Gasteiger partial charge in [-0.3, -0.25) is 4.79 Å². The highest BCUT2D eigenvalue weighted by Crippen LogP contribution is 2.37. The molecule has 1 aliphatic carbocycles. The molecule has 0 radical (unpaired) electrons. The van der Waals surface area contributed by atoms with E-state index >= 15 is 0 Å². The molecule has 16 heavy (non-hydrogen) atoms. The molecule has 0 spiro atoms. The van der Waals surface area contributed by atoms with Crippen LogP contribution in [-0.4, -0.2) is 25.5 Å². The zero-order chi connectivity index (χ0) is 12.4. The van der Waals surface area contributed by atoms with Gasteiger partial charge in [0.2, 0.25) is 5.91 Å². The molecular formula is C13H26N2O. The van der Waals surface area contributed by atoms with Crippen molar-refractivity contribution in [1.82, 2.24) is 10.6 Å². The molecule has 1 amide bonds. The molecule has 0 aromatic carbocycles. The summed E-state index contributed by atoms with van der Waals surface area (Å²) in [5.74, 6) is 0.107. The molecule has 0 aromatic rings. The van der Waals surface area contributed by atoms with E-state index in [2.05, 4.69) is 24.5 Å². The minimum Gasteiger partial charge on any atom is -0.359 e. The van der Waals surface area contributed by atoms with E-state index in [0.29, 0.717) is 11.5 Å². The molecule has 0 aliphatic heterocycles. The van der Waals surface area contributed by atoms with Crippen molar-refractivity contribution < 1.29 is 4.79 Å². The summed E-state index contributed by atoms with van der Waals surface area (Å²) in [5, 5.41) is 6.29. The zero-order valence-electron chi connectivity index (χ0n) is 11.3. The lowest BCUT2D eigenvalue weighted by Gasteiger charge is -2.32. The molecule has 3 nitrogen and oxygen atoms in total. The predicted octanol–water partition coefficient (Wildman–Crippen LogP) is 1.93. The number of hydrogen-bond acceptors (Lipinski definition) is 2. The molecule has 3 heteroatoms. The van der Waals surface area contributed by atoms with Crippen molar-refractivity contribution in [1.29, 1.82) is 0 Å². The fraction of sp³-hybridized carbons (Fsp3) is 0.923. The van der Waals surface area contributed by atoms with Crippen molar-refractivity contribution in [3.8, 4) is 0 Å². The number of rotatable bonds is 4. The maximum absolute atomic E-state index is 11.6. The number of carbonyl (C=O) groups is 1.